The summed E-state index contributed by atoms with van der Waals surface area (Å²) in [6.07, 6.45) is 0. The zero-order chi connectivity index (χ0) is 12.2. The van der Waals surface area contributed by atoms with Crippen LogP contribution in [0.15, 0.2) is 36.9 Å². The molecule has 0 saturated heterocycles. The highest BCUT2D eigenvalue weighted by Crippen LogP contribution is 2.32. The molecule has 0 fully saturated rings. The van der Waals surface area contributed by atoms with Gasteiger partial charge in [0.1, 0.15) is 0 Å². The quantitative estimate of drug-likeness (QED) is 0.595. The lowest BCUT2D eigenvalue weighted by Crippen LogP contribution is -2.32. The van der Waals surface area contributed by atoms with Gasteiger partial charge in [-0.1, -0.05) is 36.9 Å². The Labute approximate surface area is 101 Å². The second-order valence-electron chi connectivity index (χ2n) is 3.57. The molecule has 0 amide bonds. The maximum Gasteiger partial charge on any atom is 0.331 e. The fourth-order valence-corrected chi connectivity index (χ4v) is 1.46. The summed E-state index contributed by atoms with van der Waals surface area (Å²) in [6, 6.07) is 9.37. The first kappa shape index (κ1) is 12.8. The first-order valence-corrected chi connectivity index (χ1v) is 5.49. The average molecular weight is 239 g/mol. The van der Waals surface area contributed by atoms with Crippen molar-refractivity contribution in [3.63, 3.8) is 0 Å². The van der Waals surface area contributed by atoms with Crippen molar-refractivity contribution in [2.75, 3.05) is 6.61 Å². The summed E-state index contributed by atoms with van der Waals surface area (Å²) in [5.74, 6) is -0.467. The first-order valence-electron chi connectivity index (χ1n) is 5.11. The van der Waals surface area contributed by atoms with Crippen molar-refractivity contribution >= 4 is 23.1 Å². The highest BCUT2D eigenvalue weighted by Gasteiger charge is 2.35. The molecule has 2 nitrogen and oxygen atoms in total. The van der Waals surface area contributed by atoms with Gasteiger partial charge in [-0.3, -0.25) is 0 Å². The first-order chi connectivity index (χ1) is 7.50. The second kappa shape index (κ2) is 5.17. The Morgan fingerprint density at radius 2 is 2.00 bits per heavy atom. The van der Waals surface area contributed by atoms with E-state index in [9.17, 15) is 4.79 Å². The second-order valence-corrected chi connectivity index (χ2v) is 4.32. The average Bonchev–Trinajstić information content (AvgIpc) is 2.29. The number of hydrogen-bond acceptors (Lipinski definition) is 2. The number of rotatable bonds is 4. The number of carbonyl (C=O) groups is 1. The summed E-state index contributed by atoms with van der Waals surface area (Å²) in [4.78, 5) is 10.5. The number of benzene rings is 1. The molecule has 1 aromatic rings. The summed E-state index contributed by atoms with van der Waals surface area (Å²) in [6.45, 7) is 7.52. The van der Waals surface area contributed by atoms with Gasteiger partial charge in [-0.25, -0.2) is 4.79 Å². The molecule has 1 unspecified atom stereocenters. The van der Waals surface area contributed by atoms with E-state index in [1.807, 2.05) is 30.3 Å². The van der Waals surface area contributed by atoms with Crippen molar-refractivity contribution in [3.05, 3.63) is 42.5 Å². The minimum atomic E-state index is -1.21. The van der Waals surface area contributed by atoms with E-state index in [-0.39, 0.29) is 0 Å². The van der Waals surface area contributed by atoms with Gasteiger partial charge in [-0.2, -0.15) is 0 Å². The van der Waals surface area contributed by atoms with Gasteiger partial charge in [0.2, 0.25) is 0 Å². The summed E-state index contributed by atoms with van der Waals surface area (Å²) in [7, 11) is 0. The van der Waals surface area contributed by atoms with Gasteiger partial charge in [0.25, 0.3) is 0 Å². The van der Waals surface area contributed by atoms with Crippen molar-refractivity contribution < 1.29 is 9.53 Å². The standard InChI is InChI=1S/C13H15ClO2/c1-4-16-12(15)13(3,14)10(2)11-8-6-5-7-9-11/h5-9H,2,4H2,1,3H3. The van der Waals surface area contributed by atoms with Gasteiger partial charge in [0.05, 0.1) is 6.61 Å². The van der Waals surface area contributed by atoms with Crippen LogP contribution in [0.4, 0.5) is 0 Å². The highest BCUT2D eigenvalue weighted by atomic mass is 35.5. The SMILES string of the molecule is C=C(c1ccccc1)C(C)(Cl)C(=O)OCC. The van der Waals surface area contributed by atoms with E-state index in [0.717, 1.165) is 5.56 Å². The zero-order valence-electron chi connectivity index (χ0n) is 9.50. The Morgan fingerprint density at radius 1 is 1.44 bits per heavy atom. The van der Waals surface area contributed by atoms with E-state index in [0.29, 0.717) is 12.2 Å². The third kappa shape index (κ3) is 2.64. The van der Waals surface area contributed by atoms with Crippen molar-refractivity contribution in [2.24, 2.45) is 0 Å². The number of ether oxygens (including phenoxy) is 1. The molecule has 0 aromatic heterocycles. The van der Waals surface area contributed by atoms with Crippen LogP contribution in [-0.4, -0.2) is 17.5 Å². The molecule has 1 rings (SSSR count). The maximum absolute atomic E-state index is 11.7. The molecule has 0 bridgehead atoms. The molecular formula is C13H15ClO2. The molecule has 0 heterocycles. The van der Waals surface area contributed by atoms with E-state index in [1.165, 1.54) is 0 Å². The number of esters is 1. The summed E-state index contributed by atoms with van der Waals surface area (Å²) < 4.78 is 4.92. The Hall–Kier alpha value is -1.28. The van der Waals surface area contributed by atoms with Crippen LogP contribution < -0.4 is 0 Å². The Balaban J connectivity index is 2.92. The molecule has 1 aromatic carbocycles. The molecule has 0 radical (unpaired) electrons. The Kier molecular flexibility index (Phi) is 4.13. The van der Waals surface area contributed by atoms with Crippen molar-refractivity contribution in [1.82, 2.24) is 0 Å². The minimum Gasteiger partial charge on any atom is -0.464 e. The van der Waals surface area contributed by atoms with Gasteiger partial charge < -0.3 is 4.74 Å². The Bertz CT molecular complexity index is 382. The molecule has 16 heavy (non-hydrogen) atoms. The molecule has 0 aliphatic carbocycles. The van der Waals surface area contributed by atoms with Crippen LogP contribution in [0.2, 0.25) is 0 Å². The lowest BCUT2D eigenvalue weighted by atomic mass is 9.95. The predicted octanol–water partition coefficient (Wildman–Crippen LogP) is 3.26. The number of alkyl halides is 1. The van der Waals surface area contributed by atoms with Gasteiger partial charge in [-0.05, 0) is 25.0 Å². The molecular weight excluding hydrogens is 224 g/mol. The smallest absolute Gasteiger partial charge is 0.331 e. The largest absolute Gasteiger partial charge is 0.464 e. The maximum atomic E-state index is 11.7. The Morgan fingerprint density at radius 3 is 2.50 bits per heavy atom. The zero-order valence-corrected chi connectivity index (χ0v) is 10.3. The van der Waals surface area contributed by atoms with E-state index < -0.39 is 10.8 Å². The lowest BCUT2D eigenvalue weighted by Gasteiger charge is -2.22. The molecule has 0 aliphatic heterocycles. The number of carbonyl (C=O) groups excluding carboxylic acids is 1. The van der Waals surface area contributed by atoms with Crippen molar-refractivity contribution in [3.8, 4) is 0 Å². The van der Waals surface area contributed by atoms with Gasteiger partial charge in [0, 0.05) is 0 Å². The number of halogens is 1. The third-order valence-electron chi connectivity index (χ3n) is 2.35. The fourth-order valence-electron chi connectivity index (χ4n) is 1.30. The van der Waals surface area contributed by atoms with Crippen LogP contribution in [0.1, 0.15) is 19.4 Å². The lowest BCUT2D eigenvalue weighted by molar-refractivity contribution is -0.144. The predicted molar refractivity (Wildman–Crippen MR) is 66.4 cm³/mol. The highest BCUT2D eigenvalue weighted by molar-refractivity contribution is 6.40. The van der Waals surface area contributed by atoms with Crippen molar-refractivity contribution in [1.29, 1.82) is 0 Å². The van der Waals surface area contributed by atoms with Crippen LogP contribution in [0.5, 0.6) is 0 Å². The molecule has 0 spiro atoms. The van der Waals surface area contributed by atoms with Crippen LogP contribution in [0.25, 0.3) is 5.57 Å². The summed E-state index contributed by atoms with van der Waals surface area (Å²) in [5.41, 5.74) is 1.39. The third-order valence-corrected chi connectivity index (χ3v) is 2.73. The number of hydrogen-bond donors (Lipinski definition) is 0. The normalized spacial score (nSPS) is 13.9. The van der Waals surface area contributed by atoms with E-state index in [2.05, 4.69) is 6.58 Å². The van der Waals surface area contributed by atoms with Crippen molar-refractivity contribution in [2.45, 2.75) is 18.7 Å². The van der Waals surface area contributed by atoms with Crippen LogP contribution in [0, 0.1) is 0 Å². The molecule has 0 N–H and O–H groups in total. The minimum absolute atomic E-state index is 0.309. The van der Waals surface area contributed by atoms with E-state index in [4.69, 9.17) is 16.3 Å². The van der Waals surface area contributed by atoms with Crippen LogP contribution in [0.3, 0.4) is 0 Å². The van der Waals surface area contributed by atoms with Gasteiger partial charge in [0.15, 0.2) is 4.87 Å². The summed E-state index contributed by atoms with van der Waals surface area (Å²) >= 11 is 6.18. The molecule has 3 heteroatoms. The fraction of sp³-hybridized carbons (Fsp3) is 0.308. The van der Waals surface area contributed by atoms with Gasteiger partial charge >= 0.3 is 5.97 Å². The molecule has 1 atom stereocenters. The molecule has 0 aliphatic rings. The topological polar surface area (TPSA) is 26.3 Å². The van der Waals surface area contributed by atoms with Crippen LogP contribution in [-0.2, 0) is 9.53 Å². The molecule has 0 saturated carbocycles. The monoisotopic (exact) mass is 238 g/mol. The van der Waals surface area contributed by atoms with Gasteiger partial charge in [-0.15, -0.1) is 11.6 Å². The van der Waals surface area contributed by atoms with E-state index in [1.54, 1.807) is 13.8 Å². The van der Waals surface area contributed by atoms with Crippen LogP contribution >= 0.6 is 11.6 Å². The molecule has 86 valence electrons. The van der Waals surface area contributed by atoms with E-state index >= 15 is 0 Å². The summed E-state index contributed by atoms with van der Waals surface area (Å²) in [5, 5.41) is 0.